The molecule has 0 saturated heterocycles. The van der Waals surface area contributed by atoms with E-state index in [9.17, 15) is 9.59 Å². The fourth-order valence-electron chi connectivity index (χ4n) is 1.53. The number of hydrogen-bond donors (Lipinski definition) is 2. The van der Waals surface area contributed by atoms with E-state index < -0.39 is 0 Å². The predicted octanol–water partition coefficient (Wildman–Crippen LogP) is 2.45. The average molecular weight is 285 g/mol. The molecule has 0 unspecified atom stereocenters. The third-order valence-corrected chi connectivity index (χ3v) is 2.58. The van der Waals surface area contributed by atoms with Crippen molar-refractivity contribution < 1.29 is 14.3 Å². The van der Waals surface area contributed by atoms with Gasteiger partial charge in [0.15, 0.2) is 0 Å². The first-order valence-corrected chi connectivity index (χ1v) is 6.19. The summed E-state index contributed by atoms with van der Waals surface area (Å²) >= 11 is 6.03. The lowest BCUT2D eigenvalue weighted by Gasteiger charge is -2.14. The molecule has 0 aliphatic heterocycles. The maximum Gasteiger partial charge on any atom is 0.255 e. The van der Waals surface area contributed by atoms with Crippen LogP contribution in [0.3, 0.4) is 0 Å². The number of halogens is 1. The van der Waals surface area contributed by atoms with E-state index in [1.807, 2.05) is 13.8 Å². The van der Waals surface area contributed by atoms with Gasteiger partial charge >= 0.3 is 0 Å². The molecular formula is C13H17ClN2O3. The number of carbonyl (C=O) groups excluding carboxylic acids is 2. The van der Waals surface area contributed by atoms with Gasteiger partial charge in [0, 0.05) is 19.0 Å². The molecule has 0 aliphatic carbocycles. The minimum absolute atomic E-state index is 0.00556. The number of benzene rings is 1. The van der Waals surface area contributed by atoms with Gasteiger partial charge in [-0.3, -0.25) is 9.59 Å². The van der Waals surface area contributed by atoms with E-state index in [2.05, 4.69) is 10.6 Å². The molecule has 6 heteroatoms. The monoisotopic (exact) mass is 284 g/mol. The Kier molecular flexibility index (Phi) is 5.18. The minimum atomic E-state index is -0.275. The summed E-state index contributed by atoms with van der Waals surface area (Å²) < 4.78 is 5.15. The van der Waals surface area contributed by atoms with E-state index in [-0.39, 0.29) is 22.9 Å². The summed E-state index contributed by atoms with van der Waals surface area (Å²) in [7, 11) is 1.45. The van der Waals surface area contributed by atoms with Gasteiger partial charge in [0.25, 0.3) is 5.91 Å². The maximum atomic E-state index is 12.0. The van der Waals surface area contributed by atoms with Gasteiger partial charge in [0.2, 0.25) is 5.91 Å². The number of nitrogens with one attached hydrogen (secondary N) is 2. The minimum Gasteiger partial charge on any atom is -0.496 e. The van der Waals surface area contributed by atoms with Gasteiger partial charge in [-0.2, -0.15) is 0 Å². The smallest absolute Gasteiger partial charge is 0.255 e. The second-order valence-electron chi connectivity index (χ2n) is 4.34. The third kappa shape index (κ3) is 4.13. The van der Waals surface area contributed by atoms with Crippen molar-refractivity contribution >= 4 is 29.1 Å². The molecular weight excluding hydrogens is 268 g/mol. The summed E-state index contributed by atoms with van der Waals surface area (Å²) in [4.78, 5) is 23.0. The van der Waals surface area contributed by atoms with Crippen molar-refractivity contribution in [1.29, 1.82) is 0 Å². The highest BCUT2D eigenvalue weighted by molar-refractivity contribution is 6.34. The second-order valence-corrected chi connectivity index (χ2v) is 4.75. The Morgan fingerprint density at radius 3 is 2.42 bits per heavy atom. The molecule has 1 aromatic carbocycles. The van der Waals surface area contributed by atoms with Crippen LogP contribution in [-0.4, -0.2) is 25.0 Å². The highest BCUT2D eigenvalue weighted by atomic mass is 35.5. The Morgan fingerprint density at radius 1 is 1.32 bits per heavy atom. The van der Waals surface area contributed by atoms with Gasteiger partial charge in [-0.1, -0.05) is 11.6 Å². The van der Waals surface area contributed by atoms with Crippen molar-refractivity contribution in [2.24, 2.45) is 0 Å². The number of hydrogen-bond acceptors (Lipinski definition) is 3. The Labute approximate surface area is 117 Å². The van der Waals surface area contributed by atoms with Crippen LogP contribution in [0.5, 0.6) is 5.75 Å². The number of amides is 2. The Hall–Kier alpha value is -1.75. The van der Waals surface area contributed by atoms with Crippen molar-refractivity contribution in [2.45, 2.75) is 26.8 Å². The van der Waals surface area contributed by atoms with E-state index in [0.717, 1.165) is 0 Å². The van der Waals surface area contributed by atoms with E-state index >= 15 is 0 Å². The zero-order valence-electron chi connectivity index (χ0n) is 11.3. The molecule has 1 aromatic rings. The van der Waals surface area contributed by atoms with Crippen molar-refractivity contribution in [1.82, 2.24) is 5.32 Å². The molecule has 0 fully saturated rings. The van der Waals surface area contributed by atoms with Gasteiger partial charge in [-0.05, 0) is 19.9 Å². The number of rotatable bonds is 4. The molecule has 0 radical (unpaired) electrons. The fourth-order valence-corrected chi connectivity index (χ4v) is 1.74. The predicted molar refractivity (Wildman–Crippen MR) is 74.9 cm³/mol. The molecule has 5 nitrogen and oxygen atoms in total. The average Bonchev–Trinajstić information content (AvgIpc) is 2.29. The summed E-state index contributed by atoms with van der Waals surface area (Å²) in [6.45, 7) is 5.09. The second kappa shape index (κ2) is 6.43. The van der Waals surface area contributed by atoms with Crippen LogP contribution in [0, 0.1) is 0 Å². The standard InChI is InChI=1S/C13H17ClN2O3/c1-7(2)15-13(18)9-5-10(14)11(16-8(3)17)6-12(9)19-4/h5-7H,1-4H3,(H,15,18)(H,16,17). The summed E-state index contributed by atoms with van der Waals surface area (Å²) in [6, 6.07) is 3.01. The summed E-state index contributed by atoms with van der Waals surface area (Å²) in [5, 5.41) is 5.61. The largest absolute Gasteiger partial charge is 0.496 e. The van der Waals surface area contributed by atoms with Crippen LogP contribution in [0.1, 0.15) is 31.1 Å². The van der Waals surface area contributed by atoms with Crippen LogP contribution in [0.4, 0.5) is 5.69 Å². The van der Waals surface area contributed by atoms with Crippen molar-refractivity contribution in [3.05, 3.63) is 22.7 Å². The van der Waals surface area contributed by atoms with Crippen LogP contribution in [0.25, 0.3) is 0 Å². The number of carbonyl (C=O) groups is 2. The van der Waals surface area contributed by atoms with E-state index in [1.165, 1.54) is 26.2 Å². The lowest BCUT2D eigenvalue weighted by molar-refractivity contribution is -0.114. The van der Waals surface area contributed by atoms with Crippen LogP contribution >= 0.6 is 11.6 Å². The quantitative estimate of drug-likeness (QED) is 0.892. The van der Waals surface area contributed by atoms with Crippen LogP contribution in [0.2, 0.25) is 5.02 Å². The fraction of sp³-hybridized carbons (Fsp3) is 0.385. The molecule has 19 heavy (non-hydrogen) atoms. The van der Waals surface area contributed by atoms with Crippen LogP contribution < -0.4 is 15.4 Å². The molecule has 2 amide bonds. The first-order valence-electron chi connectivity index (χ1n) is 5.81. The van der Waals surface area contributed by atoms with E-state index in [0.29, 0.717) is 17.0 Å². The highest BCUT2D eigenvalue weighted by Crippen LogP contribution is 2.31. The third-order valence-electron chi connectivity index (χ3n) is 2.26. The number of ether oxygens (including phenoxy) is 1. The lowest BCUT2D eigenvalue weighted by Crippen LogP contribution is -2.30. The lowest BCUT2D eigenvalue weighted by atomic mass is 10.1. The normalized spacial score (nSPS) is 10.2. The van der Waals surface area contributed by atoms with Gasteiger partial charge in [0.1, 0.15) is 5.75 Å². The summed E-state index contributed by atoms with van der Waals surface area (Å²) in [5.41, 5.74) is 0.738. The molecule has 1 rings (SSSR count). The van der Waals surface area contributed by atoms with Crippen molar-refractivity contribution in [2.75, 3.05) is 12.4 Å². The summed E-state index contributed by atoms with van der Waals surface area (Å²) in [5.74, 6) is -0.169. The van der Waals surface area contributed by atoms with E-state index in [4.69, 9.17) is 16.3 Å². The van der Waals surface area contributed by atoms with Gasteiger partial charge in [0.05, 0.1) is 23.4 Å². The van der Waals surface area contributed by atoms with Crippen LogP contribution in [0.15, 0.2) is 12.1 Å². The van der Waals surface area contributed by atoms with Gasteiger partial charge < -0.3 is 15.4 Å². The molecule has 0 atom stereocenters. The molecule has 104 valence electrons. The molecule has 0 saturated carbocycles. The molecule has 0 spiro atoms. The zero-order chi connectivity index (χ0) is 14.6. The Morgan fingerprint density at radius 2 is 1.95 bits per heavy atom. The van der Waals surface area contributed by atoms with Crippen molar-refractivity contribution in [3.8, 4) is 5.75 Å². The molecule has 0 bridgehead atoms. The first kappa shape index (κ1) is 15.3. The van der Waals surface area contributed by atoms with Gasteiger partial charge in [-0.25, -0.2) is 0 Å². The SMILES string of the molecule is COc1cc(NC(C)=O)c(Cl)cc1C(=O)NC(C)C. The summed E-state index contributed by atoms with van der Waals surface area (Å²) in [6.07, 6.45) is 0. The Bertz CT molecular complexity index is 501. The number of anilines is 1. The van der Waals surface area contributed by atoms with Gasteiger partial charge in [-0.15, -0.1) is 0 Å². The highest BCUT2D eigenvalue weighted by Gasteiger charge is 2.16. The zero-order valence-corrected chi connectivity index (χ0v) is 12.1. The number of methoxy groups -OCH3 is 1. The first-order chi connectivity index (χ1) is 8.85. The maximum absolute atomic E-state index is 12.0. The van der Waals surface area contributed by atoms with Crippen molar-refractivity contribution in [3.63, 3.8) is 0 Å². The molecule has 0 heterocycles. The van der Waals surface area contributed by atoms with E-state index in [1.54, 1.807) is 0 Å². The Balaban J connectivity index is 3.16. The molecule has 0 aliphatic rings. The topological polar surface area (TPSA) is 67.4 Å². The molecule has 0 aromatic heterocycles. The molecule has 2 N–H and O–H groups in total. The van der Waals surface area contributed by atoms with Crippen LogP contribution in [-0.2, 0) is 4.79 Å².